The van der Waals surface area contributed by atoms with Gasteiger partial charge in [0, 0.05) is 11.5 Å². The average Bonchev–Trinajstić information content (AvgIpc) is 2.13. The van der Waals surface area contributed by atoms with E-state index in [4.69, 9.17) is 9.47 Å². The minimum atomic E-state index is -0.336. The van der Waals surface area contributed by atoms with Crippen molar-refractivity contribution < 1.29 is 14.3 Å². The van der Waals surface area contributed by atoms with Crippen LogP contribution in [-0.4, -0.2) is 25.8 Å². The zero-order valence-electron chi connectivity index (χ0n) is 8.75. The monoisotopic (exact) mass is 198 g/mol. The number of hydrogen-bond donors (Lipinski definition) is 0. The summed E-state index contributed by atoms with van der Waals surface area (Å²) < 4.78 is 10.2. The van der Waals surface area contributed by atoms with Crippen molar-refractivity contribution in [3.05, 3.63) is 12.7 Å². The fourth-order valence-corrected chi connectivity index (χ4v) is 1.76. The Balaban J connectivity index is 2.21. The van der Waals surface area contributed by atoms with Crippen LogP contribution in [0.4, 0.5) is 0 Å². The molecule has 0 spiro atoms. The van der Waals surface area contributed by atoms with Crippen molar-refractivity contribution >= 4 is 5.97 Å². The first kappa shape index (κ1) is 11.2. The Labute approximate surface area is 85.1 Å². The van der Waals surface area contributed by atoms with Gasteiger partial charge in [-0.15, -0.1) is 0 Å². The molecular weight excluding hydrogens is 180 g/mol. The first-order chi connectivity index (χ1) is 6.72. The molecule has 1 saturated heterocycles. The normalized spacial score (nSPS) is 18.4. The molecule has 80 valence electrons. The van der Waals surface area contributed by atoms with Crippen molar-refractivity contribution in [2.24, 2.45) is 5.41 Å². The zero-order chi connectivity index (χ0) is 10.4. The van der Waals surface area contributed by atoms with Gasteiger partial charge >= 0.3 is 5.97 Å². The molecule has 0 amide bonds. The molecule has 0 bridgehead atoms. The topological polar surface area (TPSA) is 35.5 Å². The molecule has 1 heterocycles. The summed E-state index contributed by atoms with van der Waals surface area (Å²) in [5.41, 5.74) is 0.274. The van der Waals surface area contributed by atoms with Crippen molar-refractivity contribution in [2.75, 3.05) is 19.8 Å². The van der Waals surface area contributed by atoms with E-state index >= 15 is 0 Å². The molecule has 1 aliphatic rings. The van der Waals surface area contributed by atoms with Crippen molar-refractivity contribution in [2.45, 2.75) is 26.2 Å². The molecule has 0 aliphatic carbocycles. The van der Waals surface area contributed by atoms with Gasteiger partial charge in [0.25, 0.3) is 0 Å². The van der Waals surface area contributed by atoms with Gasteiger partial charge in [0.05, 0.1) is 19.8 Å². The van der Waals surface area contributed by atoms with Crippen LogP contribution in [0.15, 0.2) is 12.7 Å². The molecule has 1 rings (SSSR count). The van der Waals surface area contributed by atoms with Crippen LogP contribution in [0.5, 0.6) is 0 Å². The maximum absolute atomic E-state index is 10.8. The van der Waals surface area contributed by atoms with Crippen LogP contribution in [0.1, 0.15) is 26.2 Å². The molecule has 0 saturated carbocycles. The Kier molecular flexibility index (Phi) is 4.14. The Bertz CT molecular complexity index is 207. The van der Waals surface area contributed by atoms with Gasteiger partial charge in [0.15, 0.2) is 0 Å². The molecule has 1 fully saturated rings. The van der Waals surface area contributed by atoms with E-state index in [-0.39, 0.29) is 11.4 Å². The highest BCUT2D eigenvalue weighted by atomic mass is 16.5. The fraction of sp³-hybridized carbons (Fsp3) is 0.727. The van der Waals surface area contributed by atoms with Crippen LogP contribution in [0.2, 0.25) is 0 Å². The van der Waals surface area contributed by atoms with E-state index in [0.29, 0.717) is 6.61 Å². The molecule has 3 nitrogen and oxygen atoms in total. The van der Waals surface area contributed by atoms with Crippen LogP contribution < -0.4 is 0 Å². The average molecular weight is 198 g/mol. The molecule has 0 atom stereocenters. The summed E-state index contributed by atoms with van der Waals surface area (Å²) in [4.78, 5) is 10.8. The van der Waals surface area contributed by atoms with Crippen molar-refractivity contribution in [3.63, 3.8) is 0 Å². The van der Waals surface area contributed by atoms with Gasteiger partial charge in [-0.1, -0.05) is 19.9 Å². The quantitative estimate of drug-likeness (QED) is 0.483. The van der Waals surface area contributed by atoms with E-state index in [0.717, 1.165) is 32.5 Å². The molecule has 3 heteroatoms. The van der Waals surface area contributed by atoms with Crippen LogP contribution in [0, 0.1) is 5.41 Å². The van der Waals surface area contributed by atoms with Gasteiger partial charge in [0.1, 0.15) is 0 Å². The summed E-state index contributed by atoms with van der Waals surface area (Å²) >= 11 is 0. The second kappa shape index (κ2) is 5.15. The first-order valence-corrected chi connectivity index (χ1v) is 5.09. The molecule has 0 N–H and O–H groups in total. The smallest absolute Gasteiger partial charge is 0.330 e. The molecule has 0 radical (unpaired) electrons. The Hall–Kier alpha value is -0.830. The SMILES string of the molecule is C=CC(=O)OCCC1(CCC)COC1. The van der Waals surface area contributed by atoms with Crippen molar-refractivity contribution in [3.8, 4) is 0 Å². The zero-order valence-corrected chi connectivity index (χ0v) is 8.75. The van der Waals surface area contributed by atoms with Gasteiger partial charge in [-0.25, -0.2) is 4.79 Å². The van der Waals surface area contributed by atoms with E-state index < -0.39 is 0 Å². The van der Waals surface area contributed by atoms with Gasteiger partial charge in [-0.2, -0.15) is 0 Å². The molecule has 0 unspecified atom stereocenters. The second-order valence-corrected chi connectivity index (χ2v) is 3.86. The standard InChI is InChI=1S/C11H18O3/c1-3-5-11(8-13-9-11)6-7-14-10(12)4-2/h4H,2-3,5-9H2,1H3. The van der Waals surface area contributed by atoms with E-state index in [1.165, 1.54) is 6.08 Å². The van der Waals surface area contributed by atoms with Gasteiger partial charge in [0.2, 0.25) is 0 Å². The highest BCUT2D eigenvalue weighted by Crippen LogP contribution is 2.36. The number of carbonyl (C=O) groups excluding carboxylic acids is 1. The largest absolute Gasteiger partial charge is 0.463 e. The number of hydrogen-bond acceptors (Lipinski definition) is 3. The maximum Gasteiger partial charge on any atom is 0.330 e. The molecule has 14 heavy (non-hydrogen) atoms. The minimum Gasteiger partial charge on any atom is -0.463 e. The Morgan fingerprint density at radius 3 is 2.71 bits per heavy atom. The second-order valence-electron chi connectivity index (χ2n) is 3.86. The first-order valence-electron chi connectivity index (χ1n) is 5.09. The van der Waals surface area contributed by atoms with Gasteiger partial charge in [-0.3, -0.25) is 0 Å². The van der Waals surface area contributed by atoms with Gasteiger partial charge in [-0.05, 0) is 12.8 Å². The predicted molar refractivity (Wildman–Crippen MR) is 53.9 cm³/mol. The van der Waals surface area contributed by atoms with Crippen molar-refractivity contribution in [1.82, 2.24) is 0 Å². The highest BCUT2D eigenvalue weighted by Gasteiger charge is 2.37. The van der Waals surface area contributed by atoms with Crippen LogP contribution in [0.25, 0.3) is 0 Å². The van der Waals surface area contributed by atoms with Crippen LogP contribution >= 0.6 is 0 Å². The van der Waals surface area contributed by atoms with E-state index in [1.807, 2.05) is 0 Å². The Morgan fingerprint density at radius 2 is 2.29 bits per heavy atom. The van der Waals surface area contributed by atoms with Crippen molar-refractivity contribution in [1.29, 1.82) is 0 Å². The number of carbonyl (C=O) groups is 1. The van der Waals surface area contributed by atoms with Crippen LogP contribution in [0.3, 0.4) is 0 Å². The van der Waals surface area contributed by atoms with E-state index in [1.54, 1.807) is 0 Å². The van der Waals surface area contributed by atoms with E-state index in [9.17, 15) is 4.79 Å². The third-order valence-corrected chi connectivity index (χ3v) is 2.64. The molecule has 0 aromatic carbocycles. The van der Waals surface area contributed by atoms with E-state index in [2.05, 4.69) is 13.5 Å². The lowest BCUT2D eigenvalue weighted by molar-refractivity contribution is -0.147. The third-order valence-electron chi connectivity index (χ3n) is 2.64. The molecule has 0 aromatic rings. The lowest BCUT2D eigenvalue weighted by Crippen LogP contribution is -2.43. The number of rotatable bonds is 6. The summed E-state index contributed by atoms with van der Waals surface area (Å²) in [5, 5.41) is 0. The third kappa shape index (κ3) is 2.84. The fourth-order valence-electron chi connectivity index (χ4n) is 1.76. The lowest BCUT2D eigenvalue weighted by Gasteiger charge is -2.41. The number of esters is 1. The van der Waals surface area contributed by atoms with Gasteiger partial charge < -0.3 is 9.47 Å². The summed E-state index contributed by atoms with van der Waals surface area (Å²) in [5.74, 6) is -0.336. The minimum absolute atomic E-state index is 0.274. The summed E-state index contributed by atoms with van der Waals surface area (Å²) in [6, 6.07) is 0. The highest BCUT2D eigenvalue weighted by molar-refractivity contribution is 5.81. The van der Waals surface area contributed by atoms with Crippen LogP contribution in [-0.2, 0) is 14.3 Å². The summed E-state index contributed by atoms with van der Waals surface area (Å²) in [7, 11) is 0. The summed E-state index contributed by atoms with van der Waals surface area (Å²) in [6.07, 6.45) is 4.40. The maximum atomic E-state index is 10.8. The summed E-state index contributed by atoms with van der Waals surface area (Å²) in [6.45, 7) is 7.61. The molecule has 1 aliphatic heterocycles. The lowest BCUT2D eigenvalue weighted by atomic mass is 9.79. The molecule has 0 aromatic heterocycles. The Morgan fingerprint density at radius 1 is 1.57 bits per heavy atom. The molecular formula is C11H18O3. The predicted octanol–water partition coefficient (Wildman–Crippen LogP) is 1.92. The number of ether oxygens (including phenoxy) is 2.